The lowest BCUT2D eigenvalue weighted by Gasteiger charge is -2.37. The number of benzene rings is 1. The van der Waals surface area contributed by atoms with E-state index < -0.39 is 5.92 Å². The second kappa shape index (κ2) is 5.65. The van der Waals surface area contributed by atoms with Gasteiger partial charge in [0.2, 0.25) is 5.92 Å². The van der Waals surface area contributed by atoms with Crippen molar-refractivity contribution in [3.05, 3.63) is 42.0 Å². The Kier molecular flexibility index (Phi) is 3.88. The minimum atomic E-state index is -2.46. The van der Waals surface area contributed by atoms with Gasteiger partial charge in [-0.15, -0.1) is 0 Å². The highest BCUT2D eigenvalue weighted by Crippen LogP contribution is 2.40. The second-order valence-electron chi connectivity index (χ2n) is 6.03. The van der Waals surface area contributed by atoms with Gasteiger partial charge >= 0.3 is 0 Å². The molecule has 1 aliphatic heterocycles. The predicted molar refractivity (Wildman–Crippen MR) is 77.7 cm³/mol. The normalized spacial score (nSPS) is 29.8. The molecule has 1 aromatic carbocycles. The van der Waals surface area contributed by atoms with Crippen LogP contribution < -0.4 is 5.32 Å². The maximum Gasteiger partial charge on any atom is 0.248 e. The number of hydrogen-bond acceptors (Lipinski definition) is 1. The Morgan fingerprint density at radius 1 is 1.15 bits per heavy atom. The molecule has 1 heterocycles. The lowest BCUT2D eigenvalue weighted by Crippen LogP contribution is -2.43. The summed E-state index contributed by atoms with van der Waals surface area (Å²) in [6, 6.07) is 10.5. The van der Waals surface area contributed by atoms with Crippen molar-refractivity contribution in [2.45, 2.75) is 44.1 Å². The molecule has 2 atom stereocenters. The molecule has 3 rings (SSSR count). The van der Waals surface area contributed by atoms with Crippen molar-refractivity contribution in [3.8, 4) is 0 Å². The number of rotatable bonds is 2. The molecular weight excluding hydrogens is 256 g/mol. The zero-order valence-corrected chi connectivity index (χ0v) is 11.6. The predicted octanol–water partition coefficient (Wildman–Crippen LogP) is 4.26. The molecule has 2 aliphatic rings. The molecule has 1 aliphatic carbocycles. The van der Waals surface area contributed by atoms with Crippen LogP contribution in [0.25, 0.3) is 5.57 Å². The summed E-state index contributed by atoms with van der Waals surface area (Å²) in [6.07, 6.45) is 4.75. The zero-order chi connectivity index (χ0) is 14.0. The van der Waals surface area contributed by atoms with Gasteiger partial charge in [-0.25, -0.2) is 8.78 Å². The Hall–Kier alpha value is -1.22. The summed E-state index contributed by atoms with van der Waals surface area (Å²) in [6.45, 7) is 0.789. The van der Waals surface area contributed by atoms with Crippen molar-refractivity contribution >= 4 is 5.57 Å². The summed E-state index contributed by atoms with van der Waals surface area (Å²) in [4.78, 5) is 0. The van der Waals surface area contributed by atoms with Crippen molar-refractivity contribution in [2.75, 3.05) is 6.54 Å². The first-order chi connectivity index (χ1) is 9.64. The average Bonchev–Trinajstić information content (AvgIpc) is 2.47. The fourth-order valence-corrected chi connectivity index (χ4v) is 3.50. The SMILES string of the molecule is FC1(F)CCCC(C2CC(c3ccccc3)=CCN2)C1. The molecule has 1 aromatic rings. The van der Waals surface area contributed by atoms with E-state index in [1.165, 1.54) is 11.1 Å². The van der Waals surface area contributed by atoms with Crippen molar-refractivity contribution in [3.63, 3.8) is 0 Å². The highest BCUT2D eigenvalue weighted by Gasteiger charge is 2.39. The third-order valence-electron chi connectivity index (χ3n) is 4.56. The van der Waals surface area contributed by atoms with Gasteiger partial charge in [0.15, 0.2) is 0 Å². The highest BCUT2D eigenvalue weighted by atomic mass is 19.3. The largest absolute Gasteiger partial charge is 0.310 e. The van der Waals surface area contributed by atoms with Crippen LogP contribution in [-0.4, -0.2) is 18.5 Å². The minimum absolute atomic E-state index is 0.0483. The third-order valence-corrected chi connectivity index (χ3v) is 4.56. The molecule has 0 amide bonds. The fraction of sp³-hybridized carbons (Fsp3) is 0.529. The Bertz CT molecular complexity index is 481. The summed E-state index contributed by atoms with van der Waals surface area (Å²) in [5, 5.41) is 3.42. The molecule has 20 heavy (non-hydrogen) atoms. The topological polar surface area (TPSA) is 12.0 Å². The van der Waals surface area contributed by atoms with E-state index >= 15 is 0 Å². The number of halogens is 2. The highest BCUT2D eigenvalue weighted by molar-refractivity contribution is 5.66. The minimum Gasteiger partial charge on any atom is -0.310 e. The summed E-state index contributed by atoms with van der Waals surface area (Å²) in [5.41, 5.74) is 2.52. The molecule has 0 radical (unpaired) electrons. The van der Waals surface area contributed by atoms with Gasteiger partial charge in [0.05, 0.1) is 0 Å². The van der Waals surface area contributed by atoms with Gasteiger partial charge in [-0.2, -0.15) is 0 Å². The smallest absolute Gasteiger partial charge is 0.248 e. The van der Waals surface area contributed by atoms with E-state index in [-0.39, 0.29) is 24.8 Å². The van der Waals surface area contributed by atoms with E-state index in [1.54, 1.807) is 0 Å². The van der Waals surface area contributed by atoms with Crippen molar-refractivity contribution in [1.29, 1.82) is 0 Å². The van der Waals surface area contributed by atoms with E-state index in [0.29, 0.717) is 6.42 Å². The first kappa shape index (κ1) is 13.7. The van der Waals surface area contributed by atoms with E-state index in [2.05, 4.69) is 23.5 Å². The molecule has 2 unspecified atom stereocenters. The molecular formula is C17H21F2N. The Morgan fingerprint density at radius 3 is 2.70 bits per heavy atom. The van der Waals surface area contributed by atoms with Crippen LogP contribution in [0, 0.1) is 5.92 Å². The van der Waals surface area contributed by atoms with Crippen LogP contribution in [0.5, 0.6) is 0 Å². The second-order valence-corrected chi connectivity index (χ2v) is 6.03. The molecule has 3 heteroatoms. The number of hydrogen-bond donors (Lipinski definition) is 1. The van der Waals surface area contributed by atoms with Gasteiger partial charge in [0.1, 0.15) is 0 Å². The Balaban J connectivity index is 1.70. The lowest BCUT2D eigenvalue weighted by atomic mass is 9.78. The van der Waals surface area contributed by atoms with Crippen LogP contribution in [-0.2, 0) is 0 Å². The zero-order valence-electron chi connectivity index (χ0n) is 11.6. The maximum atomic E-state index is 13.6. The van der Waals surface area contributed by atoms with Gasteiger partial charge in [-0.1, -0.05) is 36.4 Å². The molecule has 1 N–H and O–H groups in total. The molecule has 108 valence electrons. The molecule has 0 saturated heterocycles. The van der Waals surface area contributed by atoms with Crippen LogP contribution in [0.2, 0.25) is 0 Å². The molecule has 1 nitrogen and oxygen atoms in total. The standard InChI is InChI=1S/C17H21F2N/c18-17(19)9-4-7-15(12-17)16-11-14(8-10-20-16)13-5-2-1-3-6-13/h1-3,5-6,8,15-16,20H,4,7,9-12H2. The Labute approximate surface area is 119 Å². The quantitative estimate of drug-likeness (QED) is 0.851. The summed E-state index contributed by atoms with van der Waals surface area (Å²) in [5.74, 6) is -2.36. The number of nitrogens with one attached hydrogen (secondary N) is 1. The molecule has 0 aromatic heterocycles. The molecule has 1 fully saturated rings. The lowest BCUT2D eigenvalue weighted by molar-refractivity contribution is -0.0578. The fourth-order valence-electron chi connectivity index (χ4n) is 3.50. The van der Waals surface area contributed by atoms with Gasteiger partial charge < -0.3 is 5.32 Å². The summed E-state index contributed by atoms with van der Waals surface area (Å²) >= 11 is 0. The first-order valence-electron chi connectivity index (χ1n) is 7.50. The van der Waals surface area contributed by atoms with Crippen LogP contribution >= 0.6 is 0 Å². The maximum absolute atomic E-state index is 13.6. The van der Waals surface area contributed by atoms with Crippen LogP contribution in [0.1, 0.15) is 37.7 Å². The van der Waals surface area contributed by atoms with Crippen LogP contribution in [0.3, 0.4) is 0 Å². The Morgan fingerprint density at radius 2 is 1.95 bits per heavy atom. The van der Waals surface area contributed by atoms with Gasteiger partial charge in [0.25, 0.3) is 0 Å². The van der Waals surface area contributed by atoms with E-state index in [0.717, 1.165) is 19.4 Å². The van der Waals surface area contributed by atoms with Gasteiger partial charge in [-0.05, 0) is 36.3 Å². The average molecular weight is 277 g/mol. The monoisotopic (exact) mass is 277 g/mol. The summed E-state index contributed by atoms with van der Waals surface area (Å²) in [7, 11) is 0. The summed E-state index contributed by atoms with van der Waals surface area (Å²) < 4.78 is 27.2. The molecule has 0 spiro atoms. The van der Waals surface area contributed by atoms with Gasteiger partial charge in [0, 0.05) is 25.4 Å². The van der Waals surface area contributed by atoms with Crippen LogP contribution in [0.4, 0.5) is 8.78 Å². The van der Waals surface area contributed by atoms with E-state index in [9.17, 15) is 8.78 Å². The van der Waals surface area contributed by atoms with E-state index in [4.69, 9.17) is 0 Å². The van der Waals surface area contributed by atoms with Crippen LogP contribution in [0.15, 0.2) is 36.4 Å². The number of alkyl halides is 2. The van der Waals surface area contributed by atoms with Crippen molar-refractivity contribution < 1.29 is 8.78 Å². The molecule has 1 saturated carbocycles. The van der Waals surface area contributed by atoms with Gasteiger partial charge in [-0.3, -0.25) is 0 Å². The van der Waals surface area contributed by atoms with Crippen molar-refractivity contribution in [2.24, 2.45) is 5.92 Å². The van der Waals surface area contributed by atoms with E-state index in [1.807, 2.05) is 18.2 Å². The molecule has 0 bridgehead atoms. The first-order valence-corrected chi connectivity index (χ1v) is 7.50. The van der Waals surface area contributed by atoms with Crippen molar-refractivity contribution in [1.82, 2.24) is 5.32 Å². The third kappa shape index (κ3) is 3.09.